The van der Waals surface area contributed by atoms with Crippen molar-refractivity contribution in [2.75, 3.05) is 0 Å². The zero-order valence-corrected chi connectivity index (χ0v) is 5.19. The maximum absolute atomic E-state index is 13.0. The maximum Gasteiger partial charge on any atom is 0.136 e. The first kappa shape index (κ1) is 5.39. The number of hydrogen-bond donors (Lipinski definition) is 0. The van der Waals surface area contributed by atoms with Crippen LogP contribution in [0.1, 0.15) is 25.7 Å². The first-order chi connectivity index (χ1) is 4.18. The number of alkyl halides is 1. The minimum absolute atomic E-state index is 0.125. The van der Waals surface area contributed by atoms with E-state index in [9.17, 15) is 9.18 Å². The van der Waals surface area contributed by atoms with Crippen LogP contribution in [0.3, 0.4) is 0 Å². The monoisotopic (exact) mass is 128 g/mol. The van der Waals surface area contributed by atoms with E-state index < -0.39 is 5.67 Å². The second kappa shape index (κ2) is 1.36. The molecular weight excluding hydrogens is 119 g/mol. The van der Waals surface area contributed by atoms with Crippen LogP contribution in [0.25, 0.3) is 0 Å². The molecule has 2 bridgehead atoms. The van der Waals surface area contributed by atoms with Crippen molar-refractivity contribution < 1.29 is 9.18 Å². The lowest BCUT2D eigenvalue weighted by Crippen LogP contribution is -2.47. The molecule has 0 amide bonds. The summed E-state index contributed by atoms with van der Waals surface area (Å²) in [6.07, 6.45) is 2.15. The van der Waals surface area contributed by atoms with Crippen LogP contribution in [0.2, 0.25) is 0 Å². The molecule has 3 aliphatic rings. The van der Waals surface area contributed by atoms with Gasteiger partial charge in [0, 0.05) is 12.8 Å². The molecule has 0 N–H and O–H groups in total. The molecule has 1 nitrogen and oxygen atoms in total. The van der Waals surface area contributed by atoms with Gasteiger partial charge in [-0.1, -0.05) is 0 Å². The SMILES string of the molecule is O=C1CC2CC(F)(C1)C2. The van der Waals surface area contributed by atoms with Gasteiger partial charge in [-0.05, 0) is 18.8 Å². The Morgan fingerprint density at radius 3 is 2.56 bits per heavy atom. The van der Waals surface area contributed by atoms with Gasteiger partial charge in [-0.2, -0.15) is 0 Å². The molecule has 3 rings (SSSR count). The predicted octanol–water partition coefficient (Wildman–Crippen LogP) is 1.47. The van der Waals surface area contributed by atoms with Crippen molar-refractivity contribution in [3.05, 3.63) is 0 Å². The van der Waals surface area contributed by atoms with Crippen LogP contribution in [0, 0.1) is 5.92 Å². The van der Waals surface area contributed by atoms with E-state index in [1.165, 1.54) is 0 Å². The molecule has 0 atom stereocenters. The summed E-state index contributed by atoms with van der Waals surface area (Å²) in [4.78, 5) is 10.7. The fourth-order valence-electron chi connectivity index (χ4n) is 2.01. The molecule has 2 heteroatoms. The molecule has 3 aliphatic carbocycles. The molecule has 3 saturated carbocycles. The van der Waals surface area contributed by atoms with E-state index in [4.69, 9.17) is 0 Å². The van der Waals surface area contributed by atoms with E-state index in [0.717, 1.165) is 0 Å². The number of ketones is 1. The van der Waals surface area contributed by atoms with Gasteiger partial charge in [0.25, 0.3) is 0 Å². The molecule has 0 aromatic carbocycles. The highest BCUT2D eigenvalue weighted by Gasteiger charge is 2.50. The Hall–Kier alpha value is -0.400. The largest absolute Gasteiger partial charge is 0.300 e. The smallest absolute Gasteiger partial charge is 0.136 e. The molecule has 0 radical (unpaired) electrons. The zero-order valence-electron chi connectivity index (χ0n) is 5.19. The van der Waals surface area contributed by atoms with Gasteiger partial charge in [-0.25, -0.2) is 4.39 Å². The normalized spacial score (nSPS) is 48.6. The molecule has 9 heavy (non-hydrogen) atoms. The van der Waals surface area contributed by atoms with Crippen molar-refractivity contribution in [1.29, 1.82) is 0 Å². The van der Waals surface area contributed by atoms with Crippen LogP contribution in [-0.2, 0) is 4.79 Å². The highest BCUT2D eigenvalue weighted by atomic mass is 19.1. The van der Waals surface area contributed by atoms with E-state index in [1.54, 1.807) is 0 Å². The van der Waals surface area contributed by atoms with Crippen molar-refractivity contribution >= 4 is 5.78 Å². The Balaban J connectivity index is 2.14. The summed E-state index contributed by atoms with van der Waals surface area (Å²) in [6, 6.07) is 0. The summed E-state index contributed by atoms with van der Waals surface area (Å²) >= 11 is 0. The maximum atomic E-state index is 13.0. The summed E-state index contributed by atoms with van der Waals surface area (Å²) in [6.45, 7) is 0. The first-order valence-electron chi connectivity index (χ1n) is 3.39. The predicted molar refractivity (Wildman–Crippen MR) is 30.8 cm³/mol. The van der Waals surface area contributed by atoms with E-state index in [1.807, 2.05) is 0 Å². The second-order valence-corrected chi connectivity index (χ2v) is 3.34. The zero-order chi connectivity index (χ0) is 6.48. The lowest BCUT2D eigenvalue weighted by atomic mass is 9.62. The van der Waals surface area contributed by atoms with Crippen LogP contribution < -0.4 is 0 Å². The molecular formula is C7H9FO. The van der Waals surface area contributed by atoms with Gasteiger partial charge in [0.15, 0.2) is 0 Å². The van der Waals surface area contributed by atoms with Gasteiger partial charge < -0.3 is 0 Å². The topological polar surface area (TPSA) is 17.1 Å². The van der Waals surface area contributed by atoms with Crippen LogP contribution in [0.15, 0.2) is 0 Å². The summed E-state index contributed by atoms with van der Waals surface area (Å²) in [5, 5.41) is 0. The molecule has 0 spiro atoms. The summed E-state index contributed by atoms with van der Waals surface area (Å²) < 4.78 is 13.0. The lowest BCUT2D eigenvalue weighted by molar-refractivity contribution is -0.136. The van der Waals surface area contributed by atoms with Crippen LogP contribution in [-0.4, -0.2) is 11.5 Å². The third kappa shape index (κ3) is 0.689. The van der Waals surface area contributed by atoms with E-state index in [2.05, 4.69) is 0 Å². The van der Waals surface area contributed by atoms with Crippen LogP contribution in [0.5, 0.6) is 0 Å². The molecule has 0 saturated heterocycles. The van der Waals surface area contributed by atoms with Crippen molar-refractivity contribution in [2.24, 2.45) is 5.92 Å². The second-order valence-electron chi connectivity index (χ2n) is 3.34. The molecule has 0 unspecified atom stereocenters. The molecule has 0 aromatic rings. The lowest BCUT2D eigenvalue weighted by Gasteiger charge is -2.45. The molecule has 3 fully saturated rings. The van der Waals surface area contributed by atoms with E-state index in [0.29, 0.717) is 25.2 Å². The standard InChI is InChI=1S/C7H9FO/c8-7-2-5(3-7)1-6(9)4-7/h5H,1-4H2. The van der Waals surface area contributed by atoms with E-state index >= 15 is 0 Å². The quantitative estimate of drug-likeness (QED) is 0.482. The number of halogens is 1. The van der Waals surface area contributed by atoms with Crippen molar-refractivity contribution in [1.82, 2.24) is 0 Å². The fraction of sp³-hybridized carbons (Fsp3) is 0.857. The third-order valence-electron chi connectivity index (χ3n) is 2.34. The van der Waals surface area contributed by atoms with Crippen LogP contribution in [0.4, 0.5) is 4.39 Å². The number of hydrogen-bond acceptors (Lipinski definition) is 1. The third-order valence-corrected chi connectivity index (χ3v) is 2.34. The minimum atomic E-state index is -1.06. The van der Waals surface area contributed by atoms with Crippen molar-refractivity contribution in [3.8, 4) is 0 Å². The highest BCUT2D eigenvalue weighted by molar-refractivity contribution is 5.81. The number of rotatable bonds is 0. The van der Waals surface area contributed by atoms with Crippen molar-refractivity contribution in [3.63, 3.8) is 0 Å². The van der Waals surface area contributed by atoms with Gasteiger partial charge in [-0.3, -0.25) is 4.79 Å². The van der Waals surface area contributed by atoms with Gasteiger partial charge in [0.1, 0.15) is 11.5 Å². The average molecular weight is 128 g/mol. The molecule has 0 heterocycles. The Kier molecular flexibility index (Phi) is 0.815. The van der Waals surface area contributed by atoms with Gasteiger partial charge >= 0.3 is 0 Å². The molecule has 0 aliphatic heterocycles. The summed E-state index contributed by atoms with van der Waals surface area (Å²) in [7, 11) is 0. The van der Waals surface area contributed by atoms with E-state index in [-0.39, 0.29) is 12.2 Å². The Morgan fingerprint density at radius 1 is 1.56 bits per heavy atom. The average Bonchev–Trinajstić information content (AvgIpc) is 1.58. The Bertz CT molecular complexity index is 158. The van der Waals surface area contributed by atoms with Gasteiger partial charge in [-0.15, -0.1) is 0 Å². The number of carbonyl (C=O) groups is 1. The number of fused-ring (bicyclic) bond motifs is 2. The summed E-state index contributed by atoms with van der Waals surface area (Å²) in [5.74, 6) is 0.524. The minimum Gasteiger partial charge on any atom is -0.300 e. The number of Topliss-reactive ketones (excluding diaryl/α,β-unsaturated/α-hetero) is 1. The number of carbonyl (C=O) groups excluding carboxylic acids is 1. The Morgan fingerprint density at radius 2 is 2.22 bits per heavy atom. The highest BCUT2D eigenvalue weighted by Crippen LogP contribution is 2.49. The molecule has 0 aromatic heterocycles. The van der Waals surface area contributed by atoms with Crippen LogP contribution >= 0.6 is 0 Å². The van der Waals surface area contributed by atoms with Crippen molar-refractivity contribution in [2.45, 2.75) is 31.4 Å². The van der Waals surface area contributed by atoms with Gasteiger partial charge in [0.2, 0.25) is 0 Å². The Labute approximate surface area is 53.2 Å². The van der Waals surface area contributed by atoms with Gasteiger partial charge in [0.05, 0.1) is 0 Å². The fourth-order valence-corrected chi connectivity index (χ4v) is 2.01. The first-order valence-corrected chi connectivity index (χ1v) is 3.39. The summed E-state index contributed by atoms with van der Waals surface area (Å²) in [5.41, 5.74) is -1.06. The molecule has 50 valence electrons.